The van der Waals surface area contributed by atoms with E-state index in [0.717, 1.165) is 16.4 Å². The van der Waals surface area contributed by atoms with E-state index in [2.05, 4.69) is 0 Å². The average molecular weight is 328 g/mol. The van der Waals surface area contributed by atoms with Crippen LogP contribution in [0.1, 0.15) is 29.8 Å². The molecule has 0 saturated heterocycles. The number of rotatable bonds is 6. The lowest BCUT2D eigenvalue weighted by atomic mass is 10.1. The molecule has 0 aliphatic carbocycles. The first kappa shape index (κ1) is 18.1. The maximum absolute atomic E-state index is 13.7. The fourth-order valence-corrected chi connectivity index (χ4v) is 3.58. The van der Waals surface area contributed by atoms with Crippen LogP contribution in [0.3, 0.4) is 0 Å². The first-order valence-corrected chi connectivity index (χ1v) is 8.02. The van der Waals surface area contributed by atoms with E-state index in [0.29, 0.717) is 0 Å². The third kappa shape index (κ3) is 3.61. The van der Waals surface area contributed by atoms with Crippen molar-refractivity contribution in [3.63, 3.8) is 0 Å². The van der Waals surface area contributed by atoms with E-state index in [9.17, 15) is 17.6 Å². The van der Waals surface area contributed by atoms with Gasteiger partial charge in [0.05, 0.1) is 22.4 Å². The third-order valence-corrected chi connectivity index (χ3v) is 5.07. The van der Waals surface area contributed by atoms with E-state index < -0.39 is 33.3 Å². The van der Waals surface area contributed by atoms with Crippen LogP contribution < -0.4 is 0 Å². The molecule has 0 bridgehead atoms. The molecule has 8 heteroatoms. The zero-order valence-electron chi connectivity index (χ0n) is 12.5. The van der Waals surface area contributed by atoms with Crippen LogP contribution in [0.4, 0.5) is 4.39 Å². The minimum atomic E-state index is -4.00. The number of carboxylic acid groups (broad SMARTS) is 1. The highest BCUT2D eigenvalue weighted by Crippen LogP contribution is 2.23. The van der Waals surface area contributed by atoms with Crippen LogP contribution >= 0.6 is 0 Å². The maximum atomic E-state index is 13.7. The Morgan fingerprint density at radius 2 is 2.09 bits per heavy atom. The van der Waals surface area contributed by atoms with Crippen LogP contribution in [0.15, 0.2) is 17.0 Å². The summed E-state index contributed by atoms with van der Waals surface area (Å²) in [4.78, 5) is 10.7. The molecule has 0 fully saturated rings. The molecule has 22 heavy (non-hydrogen) atoms. The van der Waals surface area contributed by atoms with Gasteiger partial charge >= 0.3 is 5.97 Å². The van der Waals surface area contributed by atoms with Gasteiger partial charge in [-0.3, -0.25) is 0 Å². The molecule has 0 saturated carbocycles. The van der Waals surface area contributed by atoms with Crippen LogP contribution in [-0.4, -0.2) is 36.9 Å². The number of carboxylic acids is 1. The van der Waals surface area contributed by atoms with Gasteiger partial charge in [0.1, 0.15) is 5.82 Å². The molecule has 0 amide bonds. The van der Waals surface area contributed by atoms with Gasteiger partial charge in [-0.25, -0.2) is 17.6 Å². The molecule has 6 nitrogen and oxygen atoms in total. The van der Waals surface area contributed by atoms with Crippen molar-refractivity contribution in [3.05, 3.63) is 29.1 Å². The summed E-state index contributed by atoms with van der Waals surface area (Å²) in [6.07, 6.45) is 0. The second-order valence-corrected chi connectivity index (χ2v) is 6.83. The molecule has 1 N–H and O–H groups in total. The second kappa shape index (κ2) is 6.85. The van der Waals surface area contributed by atoms with Crippen LogP contribution in [0.5, 0.6) is 0 Å². The molecule has 0 aliphatic heterocycles. The summed E-state index contributed by atoms with van der Waals surface area (Å²) < 4.78 is 39.9. The zero-order valence-corrected chi connectivity index (χ0v) is 13.3. The van der Waals surface area contributed by atoms with Crippen molar-refractivity contribution < 1.29 is 22.7 Å². The van der Waals surface area contributed by atoms with Gasteiger partial charge in [-0.15, -0.1) is 0 Å². The number of aromatic carboxylic acids is 1. The van der Waals surface area contributed by atoms with Crippen molar-refractivity contribution >= 4 is 16.0 Å². The Kier molecular flexibility index (Phi) is 5.63. The molecule has 0 heterocycles. The predicted molar refractivity (Wildman–Crippen MR) is 77.3 cm³/mol. The smallest absolute Gasteiger partial charge is 0.338 e. The molecule has 1 atom stereocenters. The summed E-state index contributed by atoms with van der Waals surface area (Å²) in [5.74, 6) is -3.01. The van der Waals surface area contributed by atoms with Crippen molar-refractivity contribution in [2.45, 2.75) is 25.7 Å². The fraction of sp³-hybridized carbons (Fsp3) is 0.429. The minimum Gasteiger partial charge on any atom is -0.478 e. The molecule has 0 aromatic heterocycles. The van der Waals surface area contributed by atoms with Crippen LogP contribution in [0.2, 0.25) is 0 Å². The Labute approximate surface area is 128 Å². The first-order valence-electron chi connectivity index (χ1n) is 6.58. The number of hydrogen-bond acceptors (Lipinski definition) is 4. The molecular weight excluding hydrogens is 311 g/mol. The summed E-state index contributed by atoms with van der Waals surface area (Å²) in [5, 5.41) is 17.8. The first-order chi connectivity index (χ1) is 10.1. The lowest BCUT2D eigenvalue weighted by Gasteiger charge is -2.22. The van der Waals surface area contributed by atoms with E-state index in [1.807, 2.05) is 6.07 Å². The van der Waals surface area contributed by atoms with E-state index in [1.165, 1.54) is 6.92 Å². The number of nitriles is 1. The van der Waals surface area contributed by atoms with Gasteiger partial charge in [0, 0.05) is 13.1 Å². The minimum absolute atomic E-state index is 0.0197. The van der Waals surface area contributed by atoms with Gasteiger partial charge in [-0.2, -0.15) is 9.57 Å². The highest BCUT2D eigenvalue weighted by atomic mass is 32.2. The Bertz CT molecular complexity index is 725. The Hall–Kier alpha value is -1.98. The van der Waals surface area contributed by atoms with Crippen molar-refractivity contribution in [2.24, 2.45) is 5.92 Å². The quantitative estimate of drug-likeness (QED) is 0.861. The van der Waals surface area contributed by atoms with Gasteiger partial charge in [0.15, 0.2) is 0 Å². The topological polar surface area (TPSA) is 98.5 Å². The number of aryl methyl sites for hydroxylation is 1. The monoisotopic (exact) mass is 328 g/mol. The number of hydrogen-bond donors (Lipinski definition) is 1. The van der Waals surface area contributed by atoms with Crippen LogP contribution in [0, 0.1) is 30.0 Å². The number of nitrogens with zero attached hydrogens (tertiary/aromatic N) is 2. The Morgan fingerprint density at radius 3 is 2.55 bits per heavy atom. The van der Waals surface area contributed by atoms with Crippen LogP contribution in [-0.2, 0) is 10.0 Å². The highest BCUT2D eigenvalue weighted by molar-refractivity contribution is 7.89. The summed E-state index contributed by atoms with van der Waals surface area (Å²) in [5.41, 5.74) is -0.759. The summed E-state index contributed by atoms with van der Waals surface area (Å²) in [6.45, 7) is 4.59. The summed E-state index contributed by atoms with van der Waals surface area (Å²) in [7, 11) is -4.00. The van der Waals surface area contributed by atoms with Crippen LogP contribution in [0.25, 0.3) is 0 Å². The van der Waals surface area contributed by atoms with Crippen molar-refractivity contribution in [3.8, 4) is 6.07 Å². The van der Waals surface area contributed by atoms with Crippen molar-refractivity contribution in [2.75, 3.05) is 13.1 Å². The fourth-order valence-electron chi connectivity index (χ4n) is 1.93. The largest absolute Gasteiger partial charge is 0.478 e. The maximum Gasteiger partial charge on any atom is 0.338 e. The number of sulfonamides is 1. The number of carbonyl (C=O) groups is 1. The zero-order chi connectivity index (χ0) is 17.1. The van der Waals surface area contributed by atoms with Gasteiger partial charge in [0.2, 0.25) is 10.0 Å². The lowest BCUT2D eigenvalue weighted by Crippen LogP contribution is -2.34. The van der Waals surface area contributed by atoms with E-state index in [4.69, 9.17) is 10.4 Å². The SMILES string of the molecule is CCN(C[C@@H](C)C#N)S(=O)(=O)c1cc(C)c(F)c(C(=O)O)c1. The van der Waals surface area contributed by atoms with Gasteiger partial charge in [-0.05, 0) is 31.5 Å². The molecule has 120 valence electrons. The molecular formula is C14H17FN2O4S. The third-order valence-electron chi connectivity index (χ3n) is 3.15. The van der Waals surface area contributed by atoms with Crippen molar-refractivity contribution in [1.29, 1.82) is 5.26 Å². The van der Waals surface area contributed by atoms with Gasteiger partial charge in [-0.1, -0.05) is 6.92 Å². The van der Waals surface area contributed by atoms with Crippen molar-refractivity contribution in [1.82, 2.24) is 4.31 Å². The van der Waals surface area contributed by atoms with E-state index >= 15 is 0 Å². The predicted octanol–water partition coefficient (Wildman–Crippen LogP) is 2.00. The van der Waals surface area contributed by atoms with Gasteiger partial charge in [0.25, 0.3) is 0 Å². The lowest BCUT2D eigenvalue weighted by molar-refractivity contribution is 0.0691. The molecule has 0 unspecified atom stereocenters. The molecule has 0 aliphatic rings. The Balaban J connectivity index is 3.39. The standard InChI is InChI=1S/C14H17FN2O4S/c1-4-17(8-9(2)7-16)22(20,21)11-5-10(3)13(15)12(6-11)14(18)19/h5-6,9H,4,8H2,1-3H3,(H,18,19)/t9-/m0/s1. The van der Waals surface area contributed by atoms with E-state index in [1.54, 1.807) is 13.8 Å². The molecule has 0 radical (unpaired) electrons. The summed E-state index contributed by atoms with van der Waals surface area (Å²) in [6, 6.07) is 3.84. The number of benzene rings is 1. The molecule has 1 rings (SSSR count). The average Bonchev–Trinajstić information content (AvgIpc) is 2.46. The second-order valence-electron chi connectivity index (χ2n) is 4.89. The Morgan fingerprint density at radius 1 is 1.50 bits per heavy atom. The molecule has 1 aromatic rings. The number of halogens is 1. The summed E-state index contributed by atoms with van der Waals surface area (Å²) >= 11 is 0. The van der Waals surface area contributed by atoms with E-state index in [-0.39, 0.29) is 23.5 Å². The molecule has 1 aromatic carbocycles. The normalized spacial score (nSPS) is 12.9. The molecule has 0 spiro atoms. The highest BCUT2D eigenvalue weighted by Gasteiger charge is 2.27. The van der Waals surface area contributed by atoms with Gasteiger partial charge < -0.3 is 5.11 Å².